The van der Waals surface area contributed by atoms with Crippen LogP contribution in [0.1, 0.15) is 34.6 Å². The summed E-state index contributed by atoms with van der Waals surface area (Å²) in [5, 5.41) is 1.23. The van der Waals surface area contributed by atoms with Crippen LogP contribution in [0.25, 0.3) is 22.2 Å². The van der Waals surface area contributed by atoms with Gasteiger partial charge in [-0.05, 0) is 45.0 Å². The third-order valence-electron chi connectivity index (χ3n) is 4.57. The van der Waals surface area contributed by atoms with Gasteiger partial charge in [-0.2, -0.15) is 12.7 Å². The van der Waals surface area contributed by atoms with E-state index in [2.05, 4.69) is 4.98 Å². The Kier molecular flexibility index (Phi) is 6.83. The Bertz CT molecular complexity index is 1240. The molecule has 1 aromatic carbocycles. The average molecular weight is 480 g/mol. The summed E-state index contributed by atoms with van der Waals surface area (Å²) >= 11 is 6.17. The summed E-state index contributed by atoms with van der Waals surface area (Å²) in [6.45, 7) is 9.33. The maximum Gasteiger partial charge on any atom is 0.419 e. The number of pyridine rings is 1. The van der Waals surface area contributed by atoms with E-state index in [1.165, 1.54) is 27.3 Å². The number of hydrogen-bond acceptors (Lipinski definition) is 6. The van der Waals surface area contributed by atoms with Gasteiger partial charge in [0.25, 0.3) is 0 Å². The van der Waals surface area contributed by atoms with Gasteiger partial charge in [-0.25, -0.2) is 9.36 Å². The molecule has 0 spiro atoms. The lowest BCUT2D eigenvalue weighted by atomic mass is 10.2. The Morgan fingerprint density at radius 1 is 1.12 bits per heavy atom. The smallest absolute Gasteiger partial charge is 0.419 e. The van der Waals surface area contributed by atoms with E-state index in [4.69, 9.17) is 20.5 Å². The third kappa shape index (κ3) is 5.23. The Morgan fingerprint density at radius 2 is 1.81 bits per heavy atom. The van der Waals surface area contributed by atoms with Crippen LogP contribution < -0.4 is 4.18 Å². The maximum absolute atomic E-state index is 13.1. The molecule has 2 aromatic heterocycles. The number of aromatic nitrogens is 2. The highest BCUT2D eigenvalue weighted by atomic mass is 35.5. The molecule has 0 bridgehead atoms. The fourth-order valence-corrected chi connectivity index (χ4v) is 4.45. The number of carbonyl (C=O) groups is 1. The molecular weight excluding hydrogens is 454 g/mol. The van der Waals surface area contributed by atoms with Crippen molar-refractivity contribution in [1.82, 2.24) is 13.9 Å². The van der Waals surface area contributed by atoms with Crippen molar-refractivity contribution < 1.29 is 22.1 Å². The van der Waals surface area contributed by atoms with E-state index in [1.54, 1.807) is 58.9 Å². The topological polar surface area (TPSA) is 90.7 Å². The predicted molar refractivity (Wildman–Crippen MR) is 124 cm³/mol. The molecule has 0 saturated carbocycles. The second kappa shape index (κ2) is 9.09. The fraction of sp³-hybridized carbons (Fsp3) is 0.364. The van der Waals surface area contributed by atoms with Gasteiger partial charge >= 0.3 is 16.4 Å². The SMILES string of the molecule is CCN(CC)S(=O)(=O)Oc1cncc(-c2cc3ccc(Cl)cc3n2C(=O)OC(C)(C)C)c1. The van der Waals surface area contributed by atoms with E-state index in [-0.39, 0.29) is 18.8 Å². The molecule has 0 unspecified atom stereocenters. The molecule has 172 valence electrons. The van der Waals surface area contributed by atoms with Crippen molar-refractivity contribution in [3.05, 3.63) is 47.7 Å². The first-order chi connectivity index (χ1) is 14.9. The molecule has 0 saturated heterocycles. The zero-order valence-corrected chi connectivity index (χ0v) is 20.2. The Morgan fingerprint density at radius 3 is 2.44 bits per heavy atom. The van der Waals surface area contributed by atoms with Crippen LogP contribution >= 0.6 is 11.6 Å². The summed E-state index contributed by atoms with van der Waals surface area (Å²) in [6.07, 6.45) is 2.24. The standard InChI is InChI=1S/C22H26ClN3O5S/c1-6-25(7-2)32(28,29)31-18-10-16(13-24-14-18)19-11-15-8-9-17(23)12-20(15)26(19)21(27)30-22(3,4)5/h8-14H,6-7H2,1-5H3. The van der Waals surface area contributed by atoms with Crippen molar-refractivity contribution in [3.63, 3.8) is 0 Å². The number of carbonyl (C=O) groups excluding carboxylic acids is 1. The lowest BCUT2D eigenvalue weighted by Gasteiger charge is -2.21. The van der Waals surface area contributed by atoms with Crippen molar-refractivity contribution in [3.8, 4) is 17.0 Å². The predicted octanol–water partition coefficient (Wildman–Crippen LogP) is 5.11. The number of ether oxygens (including phenoxy) is 1. The summed E-state index contributed by atoms with van der Waals surface area (Å²) in [5.74, 6) is 0.0356. The minimum atomic E-state index is -3.98. The van der Waals surface area contributed by atoms with Gasteiger partial charge < -0.3 is 8.92 Å². The number of benzene rings is 1. The zero-order chi connectivity index (χ0) is 23.7. The number of rotatable bonds is 6. The van der Waals surface area contributed by atoms with Crippen LogP contribution in [-0.4, -0.2) is 47.1 Å². The number of hydrogen-bond donors (Lipinski definition) is 0. The van der Waals surface area contributed by atoms with Crippen LogP contribution in [0.3, 0.4) is 0 Å². The molecule has 2 heterocycles. The summed E-state index contributed by atoms with van der Waals surface area (Å²) in [7, 11) is -3.98. The van der Waals surface area contributed by atoms with E-state index >= 15 is 0 Å². The molecular formula is C22H26ClN3O5S. The molecule has 0 amide bonds. The maximum atomic E-state index is 13.1. The quantitative estimate of drug-likeness (QED) is 0.488. The van der Waals surface area contributed by atoms with Crippen molar-refractivity contribution in [2.24, 2.45) is 0 Å². The van der Waals surface area contributed by atoms with Crippen LogP contribution in [0, 0.1) is 0 Å². The van der Waals surface area contributed by atoms with Crippen LogP contribution in [0.2, 0.25) is 5.02 Å². The molecule has 0 aliphatic rings. The Balaban J connectivity index is 2.11. The van der Waals surface area contributed by atoms with Crippen molar-refractivity contribution in [1.29, 1.82) is 0 Å². The minimum Gasteiger partial charge on any atom is -0.443 e. The Hall–Kier alpha value is -2.62. The van der Waals surface area contributed by atoms with Crippen LogP contribution in [-0.2, 0) is 15.0 Å². The number of fused-ring (bicyclic) bond motifs is 1. The lowest BCUT2D eigenvalue weighted by Crippen LogP contribution is -2.34. The highest BCUT2D eigenvalue weighted by molar-refractivity contribution is 7.84. The van der Waals surface area contributed by atoms with Gasteiger partial charge in [-0.3, -0.25) is 4.98 Å². The van der Waals surface area contributed by atoms with Gasteiger partial charge in [-0.1, -0.05) is 31.5 Å². The van der Waals surface area contributed by atoms with Gasteiger partial charge in [0.2, 0.25) is 0 Å². The highest BCUT2D eigenvalue weighted by Gasteiger charge is 2.25. The van der Waals surface area contributed by atoms with Crippen molar-refractivity contribution >= 4 is 38.9 Å². The first-order valence-electron chi connectivity index (χ1n) is 10.1. The van der Waals surface area contributed by atoms with E-state index in [0.29, 0.717) is 21.8 Å². The van der Waals surface area contributed by atoms with Crippen LogP contribution in [0.15, 0.2) is 42.7 Å². The number of nitrogens with zero attached hydrogens (tertiary/aromatic N) is 3. The van der Waals surface area contributed by atoms with E-state index in [1.807, 2.05) is 0 Å². The van der Waals surface area contributed by atoms with Crippen LogP contribution in [0.4, 0.5) is 4.79 Å². The first-order valence-corrected chi connectivity index (χ1v) is 11.9. The zero-order valence-electron chi connectivity index (χ0n) is 18.6. The monoisotopic (exact) mass is 479 g/mol. The van der Waals surface area contributed by atoms with Gasteiger partial charge in [0, 0.05) is 35.3 Å². The van der Waals surface area contributed by atoms with Gasteiger partial charge in [-0.15, -0.1) is 0 Å². The second-order valence-corrected chi connectivity index (χ2v) is 10.1. The summed E-state index contributed by atoms with van der Waals surface area (Å²) in [5.41, 5.74) is 0.791. The van der Waals surface area contributed by atoms with E-state index in [9.17, 15) is 13.2 Å². The molecule has 8 nitrogen and oxygen atoms in total. The molecule has 0 atom stereocenters. The first kappa shape index (κ1) is 24.0. The minimum absolute atomic E-state index is 0.0356. The summed E-state index contributed by atoms with van der Waals surface area (Å²) in [4.78, 5) is 17.2. The fourth-order valence-electron chi connectivity index (χ4n) is 3.21. The molecule has 0 fully saturated rings. The summed E-state index contributed by atoms with van der Waals surface area (Å²) in [6, 6.07) is 8.49. The number of halogens is 1. The molecule has 0 aliphatic carbocycles. The molecule has 0 aliphatic heterocycles. The molecule has 3 aromatic rings. The molecule has 10 heteroatoms. The van der Waals surface area contributed by atoms with E-state index in [0.717, 1.165) is 5.39 Å². The third-order valence-corrected chi connectivity index (χ3v) is 6.36. The second-order valence-electron chi connectivity index (χ2n) is 8.08. The van der Waals surface area contributed by atoms with Gasteiger partial charge in [0.15, 0.2) is 5.75 Å². The molecule has 32 heavy (non-hydrogen) atoms. The van der Waals surface area contributed by atoms with Gasteiger partial charge in [0.05, 0.1) is 17.4 Å². The van der Waals surface area contributed by atoms with Crippen LogP contribution in [0.5, 0.6) is 5.75 Å². The van der Waals surface area contributed by atoms with Crippen molar-refractivity contribution in [2.75, 3.05) is 13.1 Å². The lowest BCUT2D eigenvalue weighted by molar-refractivity contribution is 0.0547. The largest absolute Gasteiger partial charge is 0.443 e. The van der Waals surface area contributed by atoms with E-state index < -0.39 is 22.0 Å². The van der Waals surface area contributed by atoms with Crippen molar-refractivity contribution in [2.45, 2.75) is 40.2 Å². The van der Waals surface area contributed by atoms with Gasteiger partial charge in [0.1, 0.15) is 5.60 Å². The molecule has 0 radical (unpaired) electrons. The average Bonchev–Trinajstić information content (AvgIpc) is 3.06. The Labute approximate surface area is 193 Å². The normalized spacial score (nSPS) is 12.3. The molecule has 3 rings (SSSR count). The molecule has 0 N–H and O–H groups in total. The summed E-state index contributed by atoms with van der Waals surface area (Å²) < 4.78 is 38.5. The highest BCUT2D eigenvalue weighted by Crippen LogP contribution is 2.32.